The third-order valence-electron chi connectivity index (χ3n) is 3.64. The van der Waals surface area contributed by atoms with E-state index in [-0.39, 0.29) is 0 Å². The molecule has 0 saturated heterocycles. The van der Waals surface area contributed by atoms with Crippen LogP contribution in [0.25, 0.3) is 0 Å². The standard InChI is InChI=1S/C18H24N2O/c1-11(2)15-7-6-12(3)8-17(15)21-18-16(10-19)13(4)9-14(5)20-18/h6-9,11H,10,19H2,1-5H3. The maximum atomic E-state index is 6.14. The molecule has 0 aliphatic carbocycles. The van der Waals surface area contributed by atoms with Crippen molar-refractivity contribution in [1.29, 1.82) is 0 Å². The van der Waals surface area contributed by atoms with Gasteiger partial charge in [0.15, 0.2) is 0 Å². The van der Waals surface area contributed by atoms with Gasteiger partial charge in [0.2, 0.25) is 5.88 Å². The lowest BCUT2D eigenvalue weighted by molar-refractivity contribution is 0.446. The van der Waals surface area contributed by atoms with Crippen molar-refractivity contribution in [2.45, 2.75) is 47.1 Å². The van der Waals surface area contributed by atoms with E-state index < -0.39 is 0 Å². The SMILES string of the molecule is Cc1ccc(C(C)C)c(Oc2nc(C)cc(C)c2CN)c1. The molecule has 0 bridgehead atoms. The maximum absolute atomic E-state index is 6.14. The van der Waals surface area contributed by atoms with Crippen LogP contribution < -0.4 is 10.5 Å². The van der Waals surface area contributed by atoms with E-state index in [1.165, 1.54) is 11.1 Å². The number of hydrogen-bond acceptors (Lipinski definition) is 3. The molecular formula is C18H24N2O. The Morgan fingerprint density at radius 3 is 2.48 bits per heavy atom. The van der Waals surface area contributed by atoms with Gasteiger partial charge >= 0.3 is 0 Å². The Morgan fingerprint density at radius 2 is 1.86 bits per heavy atom. The monoisotopic (exact) mass is 284 g/mol. The van der Waals surface area contributed by atoms with Gasteiger partial charge in [0, 0.05) is 17.8 Å². The number of aromatic nitrogens is 1. The molecule has 2 N–H and O–H groups in total. The Kier molecular flexibility index (Phi) is 4.63. The number of pyridine rings is 1. The molecule has 1 heterocycles. The van der Waals surface area contributed by atoms with Crippen molar-refractivity contribution in [3.05, 3.63) is 52.2 Å². The van der Waals surface area contributed by atoms with Crippen LogP contribution in [0.2, 0.25) is 0 Å². The topological polar surface area (TPSA) is 48.1 Å². The summed E-state index contributed by atoms with van der Waals surface area (Å²) in [4.78, 5) is 4.53. The zero-order chi connectivity index (χ0) is 15.6. The molecule has 3 nitrogen and oxygen atoms in total. The minimum Gasteiger partial charge on any atom is -0.438 e. The summed E-state index contributed by atoms with van der Waals surface area (Å²) < 4.78 is 6.14. The predicted molar refractivity (Wildman–Crippen MR) is 86.9 cm³/mol. The van der Waals surface area contributed by atoms with E-state index in [1.807, 2.05) is 19.9 Å². The first-order valence-electron chi connectivity index (χ1n) is 7.38. The molecular weight excluding hydrogens is 260 g/mol. The molecule has 0 radical (unpaired) electrons. The summed E-state index contributed by atoms with van der Waals surface area (Å²) in [6.07, 6.45) is 0. The Morgan fingerprint density at radius 1 is 1.14 bits per heavy atom. The van der Waals surface area contributed by atoms with Gasteiger partial charge in [-0.2, -0.15) is 0 Å². The molecule has 0 amide bonds. The summed E-state index contributed by atoms with van der Waals surface area (Å²) in [5, 5.41) is 0. The van der Waals surface area contributed by atoms with Crippen molar-refractivity contribution in [2.75, 3.05) is 0 Å². The second-order valence-electron chi connectivity index (χ2n) is 5.87. The first kappa shape index (κ1) is 15.5. The molecule has 0 aliphatic heterocycles. The molecule has 21 heavy (non-hydrogen) atoms. The smallest absolute Gasteiger partial charge is 0.224 e. The molecule has 0 unspecified atom stereocenters. The van der Waals surface area contributed by atoms with E-state index >= 15 is 0 Å². The van der Waals surface area contributed by atoms with Crippen molar-refractivity contribution < 1.29 is 4.74 Å². The summed E-state index contributed by atoms with van der Waals surface area (Å²) in [5.74, 6) is 1.90. The van der Waals surface area contributed by atoms with Crippen LogP contribution in [0.3, 0.4) is 0 Å². The predicted octanol–water partition coefficient (Wildman–Crippen LogP) is 4.38. The number of hydrogen-bond donors (Lipinski definition) is 1. The summed E-state index contributed by atoms with van der Waals surface area (Å²) in [7, 11) is 0. The van der Waals surface area contributed by atoms with Gasteiger partial charge in [0.25, 0.3) is 0 Å². The molecule has 2 rings (SSSR count). The molecule has 3 heteroatoms. The highest BCUT2D eigenvalue weighted by molar-refractivity contribution is 5.44. The second-order valence-corrected chi connectivity index (χ2v) is 5.87. The van der Waals surface area contributed by atoms with Gasteiger partial charge in [-0.25, -0.2) is 4.98 Å². The third kappa shape index (κ3) is 3.42. The molecule has 0 saturated carbocycles. The number of nitrogens with zero attached hydrogens (tertiary/aromatic N) is 1. The number of nitrogens with two attached hydrogens (primary N) is 1. The van der Waals surface area contributed by atoms with Crippen molar-refractivity contribution in [3.8, 4) is 11.6 Å². The maximum Gasteiger partial charge on any atom is 0.224 e. The van der Waals surface area contributed by atoms with E-state index in [0.29, 0.717) is 18.3 Å². The first-order chi connectivity index (χ1) is 9.92. The number of benzene rings is 1. The highest BCUT2D eigenvalue weighted by atomic mass is 16.5. The lowest BCUT2D eigenvalue weighted by Gasteiger charge is -2.17. The fraction of sp³-hybridized carbons (Fsp3) is 0.389. The highest BCUT2D eigenvalue weighted by Crippen LogP contribution is 2.33. The van der Waals surface area contributed by atoms with Gasteiger partial charge in [0.1, 0.15) is 5.75 Å². The lowest BCUT2D eigenvalue weighted by atomic mass is 10.0. The van der Waals surface area contributed by atoms with Gasteiger partial charge in [-0.3, -0.25) is 0 Å². The summed E-state index contributed by atoms with van der Waals surface area (Å²) >= 11 is 0. The van der Waals surface area contributed by atoms with Gasteiger partial charge in [0.05, 0.1) is 0 Å². The van der Waals surface area contributed by atoms with Crippen molar-refractivity contribution in [2.24, 2.45) is 5.73 Å². The molecule has 112 valence electrons. The van der Waals surface area contributed by atoms with Crippen LogP contribution in [0.1, 0.15) is 47.7 Å². The number of ether oxygens (including phenoxy) is 1. The van der Waals surface area contributed by atoms with Crippen LogP contribution in [0.4, 0.5) is 0 Å². The summed E-state index contributed by atoms with van der Waals surface area (Å²) in [5.41, 5.74) is 11.3. The molecule has 0 fully saturated rings. The average Bonchev–Trinajstić information content (AvgIpc) is 2.37. The average molecular weight is 284 g/mol. The molecule has 1 aromatic carbocycles. The first-order valence-corrected chi connectivity index (χ1v) is 7.38. The normalized spacial score (nSPS) is 11.0. The van der Waals surface area contributed by atoms with E-state index in [2.05, 4.69) is 44.0 Å². The summed E-state index contributed by atoms with van der Waals surface area (Å²) in [6.45, 7) is 10.8. The fourth-order valence-electron chi connectivity index (χ4n) is 2.47. The number of aryl methyl sites for hydroxylation is 3. The highest BCUT2D eigenvalue weighted by Gasteiger charge is 2.14. The minimum atomic E-state index is 0.396. The van der Waals surface area contributed by atoms with E-state index in [9.17, 15) is 0 Å². The van der Waals surface area contributed by atoms with Crippen LogP contribution in [-0.4, -0.2) is 4.98 Å². The van der Waals surface area contributed by atoms with Crippen molar-refractivity contribution in [1.82, 2.24) is 4.98 Å². The van der Waals surface area contributed by atoms with Crippen molar-refractivity contribution in [3.63, 3.8) is 0 Å². The Bertz CT molecular complexity index is 648. The Hall–Kier alpha value is -1.87. The quantitative estimate of drug-likeness (QED) is 0.906. The minimum absolute atomic E-state index is 0.396. The largest absolute Gasteiger partial charge is 0.438 e. The van der Waals surface area contributed by atoms with E-state index in [1.54, 1.807) is 0 Å². The molecule has 1 aromatic heterocycles. The lowest BCUT2D eigenvalue weighted by Crippen LogP contribution is -2.06. The van der Waals surface area contributed by atoms with Crippen molar-refractivity contribution >= 4 is 0 Å². The number of rotatable bonds is 4. The van der Waals surface area contributed by atoms with Crippen LogP contribution in [-0.2, 0) is 6.54 Å². The third-order valence-corrected chi connectivity index (χ3v) is 3.64. The van der Waals surface area contributed by atoms with E-state index in [4.69, 9.17) is 10.5 Å². The van der Waals surface area contributed by atoms with Gasteiger partial charge in [-0.1, -0.05) is 26.0 Å². The van der Waals surface area contributed by atoms with Gasteiger partial charge < -0.3 is 10.5 Å². The zero-order valence-corrected chi connectivity index (χ0v) is 13.5. The van der Waals surface area contributed by atoms with Crippen LogP contribution >= 0.6 is 0 Å². The van der Waals surface area contributed by atoms with Gasteiger partial charge in [-0.05, 0) is 55.5 Å². The van der Waals surface area contributed by atoms with E-state index in [0.717, 1.165) is 22.6 Å². The van der Waals surface area contributed by atoms with Crippen LogP contribution in [0, 0.1) is 20.8 Å². The van der Waals surface area contributed by atoms with Crippen LogP contribution in [0.5, 0.6) is 11.6 Å². The molecule has 0 atom stereocenters. The van der Waals surface area contributed by atoms with Crippen LogP contribution in [0.15, 0.2) is 24.3 Å². The Balaban J connectivity index is 2.50. The fourth-order valence-corrected chi connectivity index (χ4v) is 2.47. The van der Waals surface area contributed by atoms with Gasteiger partial charge in [-0.15, -0.1) is 0 Å². The molecule has 2 aromatic rings. The summed E-state index contributed by atoms with van der Waals surface area (Å²) in [6, 6.07) is 8.34. The zero-order valence-electron chi connectivity index (χ0n) is 13.5. The second kappa shape index (κ2) is 6.27. The molecule has 0 spiro atoms. The molecule has 0 aliphatic rings. The Labute approximate surface area is 127 Å².